The first kappa shape index (κ1) is 23.0. The molecule has 32 heavy (non-hydrogen) atoms. The SMILES string of the molecule is Cc1noc(C)c1S(=O)(=O)N1CCC(C(=O)N(Cc2ccco2)[C@H]2CCS(=O)(=O)C2)CC1. The first-order valence-electron chi connectivity index (χ1n) is 10.5. The zero-order valence-electron chi connectivity index (χ0n) is 18.1. The monoisotopic (exact) mass is 485 g/mol. The van der Waals surface area contributed by atoms with Gasteiger partial charge in [-0.15, -0.1) is 0 Å². The minimum absolute atomic E-state index is 0.0568. The molecule has 2 aromatic heterocycles. The second-order valence-corrected chi connectivity index (χ2v) is 12.5. The third-order valence-electron chi connectivity index (χ3n) is 6.21. The molecule has 4 heterocycles. The smallest absolute Gasteiger partial charge is 0.248 e. The Morgan fingerprint density at radius 3 is 2.50 bits per heavy atom. The van der Waals surface area contributed by atoms with E-state index < -0.39 is 25.9 Å². The van der Waals surface area contributed by atoms with Crippen molar-refractivity contribution in [2.24, 2.45) is 5.92 Å². The van der Waals surface area contributed by atoms with Crippen LogP contribution in [0.3, 0.4) is 0 Å². The highest BCUT2D eigenvalue weighted by Crippen LogP contribution is 2.30. The molecule has 2 aliphatic heterocycles. The van der Waals surface area contributed by atoms with Crippen molar-refractivity contribution >= 4 is 25.8 Å². The molecule has 0 spiro atoms. The lowest BCUT2D eigenvalue weighted by Gasteiger charge is -2.35. The van der Waals surface area contributed by atoms with Crippen LogP contribution in [-0.4, -0.2) is 67.7 Å². The van der Waals surface area contributed by atoms with Crippen molar-refractivity contribution in [3.05, 3.63) is 35.6 Å². The number of sulfonamides is 1. The zero-order chi connectivity index (χ0) is 23.1. The Labute approximate surface area is 187 Å². The highest BCUT2D eigenvalue weighted by Gasteiger charge is 2.40. The minimum Gasteiger partial charge on any atom is -0.467 e. The molecule has 176 valence electrons. The van der Waals surface area contributed by atoms with Gasteiger partial charge in [0.25, 0.3) is 0 Å². The molecule has 0 N–H and O–H groups in total. The van der Waals surface area contributed by atoms with Gasteiger partial charge < -0.3 is 13.8 Å². The summed E-state index contributed by atoms with van der Waals surface area (Å²) < 4.78 is 61.9. The molecule has 1 atom stereocenters. The number of piperidine rings is 1. The average molecular weight is 486 g/mol. The molecule has 1 amide bonds. The highest BCUT2D eigenvalue weighted by molar-refractivity contribution is 7.91. The number of sulfone groups is 1. The number of amides is 1. The van der Waals surface area contributed by atoms with Gasteiger partial charge in [0.1, 0.15) is 16.3 Å². The summed E-state index contributed by atoms with van der Waals surface area (Å²) in [4.78, 5) is 15.1. The van der Waals surface area contributed by atoms with Gasteiger partial charge in [-0.3, -0.25) is 4.79 Å². The van der Waals surface area contributed by atoms with Crippen LogP contribution in [0.15, 0.2) is 32.2 Å². The number of hydrogen-bond donors (Lipinski definition) is 0. The molecule has 0 radical (unpaired) electrons. The molecule has 2 fully saturated rings. The summed E-state index contributed by atoms with van der Waals surface area (Å²) in [5, 5.41) is 3.74. The number of rotatable bonds is 6. The largest absolute Gasteiger partial charge is 0.467 e. The molecule has 0 unspecified atom stereocenters. The Bertz CT molecular complexity index is 1160. The van der Waals surface area contributed by atoms with Crippen LogP contribution in [0.2, 0.25) is 0 Å². The van der Waals surface area contributed by atoms with Crippen molar-refractivity contribution in [2.45, 2.75) is 50.6 Å². The van der Waals surface area contributed by atoms with E-state index in [1.165, 1.54) is 10.6 Å². The number of carbonyl (C=O) groups excluding carboxylic acids is 1. The Morgan fingerprint density at radius 2 is 1.97 bits per heavy atom. The van der Waals surface area contributed by atoms with E-state index in [9.17, 15) is 21.6 Å². The van der Waals surface area contributed by atoms with Crippen LogP contribution in [-0.2, 0) is 31.2 Å². The van der Waals surface area contributed by atoms with E-state index in [0.717, 1.165) is 0 Å². The van der Waals surface area contributed by atoms with E-state index in [0.29, 0.717) is 30.7 Å². The van der Waals surface area contributed by atoms with E-state index in [1.54, 1.807) is 30.9 Å². The average Bonchev–Trinajstić information content (AvgIpc) is 3.46. The summed E-state index contributed by atoms with van der Waals surface area (Å²) in [6.07, 6.45) is 2.63. The van der Waals surface area contributed by atoms with E-state index in [-0.39, 0.29) is 53.6 Å². The second kappa shape index (κ2) is 8.64. The van der Waals surface area contributed by atoms with Gasteiger partial charge in [0.05, 0.1) is 24.3 Å². The molecule has 10 nitrogen and oxygen atoms in total. The number of nitrogens with zero attached hydrogens (tertiary/aromatic N) is 3. The molecule has 2 aromatic rings. The second-order valence-electron chi connectivity index (χ2n) is 8.43. The third-order valence-corrected chi connectivity index (χ3v) is 10.1. The van der Waals surface area contributed by atoms with Crippen LogP contribution in [0.25, 0.3) is 0 Å². The molecular weight excluding hydrogens is 458 g/mol. The molecule has 2 saturated heterocycles. The Balaban J connectivity index is 1.48. The normalized spacial score (nSPS) is 22.2. The van der Waals surface area contributed by atoms with Crippen LogP contribution < -0.4 is 0 Å². The maximum atomic E-state index is 13.4. The van der Waals surface area contributed by atoms with E-state index >= 15 is 0 Å². The van der Waals surface area contributed by atoms with Crippen molar-refractivity contribution in [3.8, 4) is 0 Å². The van der Waals surface area contributed by atoms with Crippen molar-refractivity contribution in [2.75, 3.05) is 24.6 Å². The van der Waals surface area contributed by atoms with Crippen molar-refractivity contribution in [1.82, 2.24) is 14.4 Å². The summed E-state index contributed by atoms with van der Waals surface area (Å²) in [5.41, 5.74) is 0.313. The van der Waals surface area contributed by atoms with Crippen molar-refractivity contribution in [1.29, 1.82) is 0 Å². The van der Waals surface area contributed by atoms with Crippen molar-refractivity contribution in [3.63, 3.8) is 0 Å². The Morgan fingerprint density at radius 1 is 1.25 bits per heavy atom. The Kier molecular flexibility index (Phi) is 6.21. The van der Waals surface area contributed by atoms with E-state index in [1.807, 2.05) is 0 Å². The molecule has 4 rings (SSSR count). The van der Waals surface area contributed by atoms with Gasteiger partial charge in [0.15, 0.2) is 15.6 Å². The fourth-order valence-electron chi connectivity index (χ4n) is 4.53. The van der Waals surface area contributed by atoms with Crippen LogP contribution in [0.5, 0.6) is 0 Å². The van der Waals surface area contributed by atoms with E-state index in [4.69, 9.17) is 8.94 Å². The summed E-state index contributed by atoms with van der Waals surface area (Å²) in [6.45, 7) is 3.73. The minimum atomic E-state index is -3.76. The van der Waals surface area contributed by atoms with Gasteiger partial charge >= 0.3 is 0 Å². The molecule has 0 aromatic carbocycles. The fraction of sp³-hybridized carbons (Fsp3) is 0.600. The number of aryl methyl sites for hydroxylation is 2. The molecule has 0 saturated carbocycles. The predicted octanol–water partition coefficient (Wildman–Crippen LogP) is 1.50. The van der Waals surface area contributed by atoms with Gasteiger partial charge in [-0.2, -0.15) is 4.31 Å². The number of carbonyl (C=O) groups is 1. The first-order chi connectivity index (χ1) is 15.1. The summed E-state index contributed by atoms with van der Waals surface area (Å²) in [5.74, 6) is 0.294. The van der Waals surface area contributed by atoms with Crippen LogP contribution in [0.4, 0.5) is 0 Å². The quantitative estimate of drug-likeness (QED) is 0.602. The lowest BCUT2D eigenvalue weighted by atomic mass is 9.95. The first-order valence-corrected chi connectivity index (χ1v) is 13.8. The van der Waals surface area contributed by atoms with Crippen molar-refractivity contribution < 1.29 is 30.6 Å². The molecule has 2 aliphatic rings. The van der Waals surface area contributed by atoms with Gasteiger partial charge in [-0.05, 0) is 45.2 Å². The van der Waals surface area contributed by atoms with Gasteiger partial charge in [-0.1, -0.05) is 5.16 Å². The number of furan rings is 1. The predicted molar refractivity (Wildman–Crippen MR) is 114 cm³/mol. The third kappa shape index (κ3) is 4.48. The molecule has 12 heteroatoms. The van der Waals surface area contributed by atoms with E-state index in [2.05, 4.69) is 5.16 Å². The van der Waals surface area contributed by atoms with Crippen LogP contribution in [0, 0.1) is 19.8 Å². The molecular formula is C20H27N3O7S2. The lowest BCUT2D eigenvalue weighted by Crippen LogP contribution is -2.47. The maximum Gasteiger partial charge on any atom is 0.248 e. The topological polar surface area (TPSA) is 131 Å². The standard InChI is InChI=1S/C20H27N3O7S2/c1-14-19(15(2)30-21-14)32(27,28)22-8-5-16(6-9-22)20(24)23(12-18-4-3-10-29-18)17-7-11-31(25,26)13-17/h3-4,10,16-17H,5-9,11-13H2,1-2H3/t17-/m0/s1. The molecule has 0 bridgehead atoms. The summed E-state index contributed by atoms with van der Waals surface area (Å²) >= 11 is 0. The lowest BCUT2D eigenvalue weighted by molar-refractivity contribution is -0.139. The molecule has 0 aliphatic carbocycles. The number of aromatic nitrogens is 1. The van der Waals surface area contributed by atoms with Gasteiger partial charge in [0, 0.05) is 25.0 Å². The van der Waals surface area contributed by atoms with Gasteiger partial charge in [0.2, 0.25) is 15.9 Å². The zero-order valence-corrected chi connectivity index (χ0v) is 19.7. The van der Waals surface area contributed by atoms with Crippen LogP contribution >= 0.6 is 0 Å². The maximum absolute atomic E-state index is 13.4. The summed E-state index contributed by atoms with van der Waals surface area (Å²) in [6, 6.07) is 3.07. The van der Waals surface area contributed by atoms with Gasteiger partial charge in [-0.25, -0.2) is 16.8 Å². The van der Waals surface area contributed by atoms with Crippen LogP contribution in [0.1, 0.15) is 36.5 Å². The highest BCUT2D eigenvalue weighted by atomic mass is 32.2. The number of hydrogen-bond acceptors (Lipinski definition) is 8. The fourth-order valence-corrected chi connectivity index (χ4v) is 8.02. The Hall–Kier alpha value is -2.18. The summed E-state index contributed by atoms with van der Waals surface area (Å²) in [7, 11) is -6.94.